The van der Waals surface area contributed by atoms with Gasteiger partial charge in [-0.25, -0.2) is 0 Å². The van der Waals surface area contributed by atoms with E-state index in [1.807, 2.05) is 48.5 Å². The number of rotatable bonds is 0. The summed E-state index contributed by atoms with van der Waals surface area (Å²) in [6.07, 6.45) is 1.63. The molecule has 0 spiro atoms. The molecule has 0 atom stereocenters. The minimum absolute atomic E-state index is 0.0551. The van der Waals surface area contributed by atoms with Gasteiger partial charge in [-0.15, -0.1) is 0 Å². The van der Waals surface area contributed by atoms with E-state index in [1.165, 1.54) is 0 Å². The minimum Gasteiger partial charge on any atom is -0.284 e. The van der Waals surface area contributed by atoms with Crippen LogP contribution in [0.3, 0.4) is 0 Å². The van der Waals surface area contributed by atoms with Gasteiger partial charge >= 0.3 is 0 Å². The zero-order valence-corrected chi connectivity index (χ0v) is 11.5. The first-order valence-corrected chi connectivity index (χ1v) is 7.08. The second-order valence-electron chi connectivity index (χ2n) is 5.47. The van der Waals surface area contributed by atoms with Gasteiger partial charge in [0.2, 0.25) is 6.20 Å². The fourth-order valence-electron chi connectivity index (χ4n) is 3.45. The summed E-state index contributed by atoms with van der Waals surface area (Å²) in [6.45, 7) is 0. The number of hydrogen-bond donors (Lipinski definition) is 1. The van der Waals surface area contributed by atoms with Crippen LogP contribution in [-0.4, -0.2) is 9.61 Å². The number of nitrogens with zero attached hydrogens (tertiary/aromatic N) is 2. The molecule has 4 nitrogen and oxygen atoms in total. The van der Waals surface area contributed by atoms with Crippen LogP contribution in [0, 0.1) is 0 Å². The Morgan fingerprint density at radius 2 is 1.50 bits per heavy atom. The van der Waals surface area contributed by atoms with Crippen molar-refractivity contribution in [3.05, 3.63) is 71.1 Å². The highest BCUT2D eigenvalue weighted by atomic mass is 16.5. The molecule has 0 bridgehead atoms. The number of pyridine rings is 2. The molecule has 0 unspecified atom stereocenters. The predicted octanol–water partition coefficient (Wildman–Crippen LogP) is 2.72. The lowest BCUT2D eigenvalue weighted by Crippen LogP contribution is -2.31. The summed E-state index contributed by atoms with van der Waals surface area (Å²) in [4.78, 5) is 13.0. The van der Waals surface area contributed by atoms with E-state index in [9.17, 15) is 10.0 Å². The molecule has 5 aromatic rings. The molecule has 0 aliphatic carbocycles. The van der Waals surface area contributed by atoms with Gasteiger partial charge in [0.05, 0.1) is 16.3 Å². The second-order valence-corrected chi connectivity index (χ2v) is 5.47. The van der Waals surface area contributed by atoms with E-state index >= 15 is 0 Å². The Balaban J connectivity index is 2.34. The third-order valence-corrected chi connectivity index (χ3v) is 4.37. The highest BCUT2D eigenvalue weighted by Gasteiger charge is 2.23. The maximum absolute atomic E-state index is 13.0. The van der Waals surface area contributed by atoms with Crippen LogP contribution in [0.1, 0.15) is 0 Å². The molecule has 3 aromatic heterocycles. The fraction of sp³-hybridized carbons (Fsp3) is 0. The molecule has 0 fully saturated rings. The summed E-state index contributed by atoms with van der Waals surface area (Å²) < 4.78 is 2.80. The summed E-state index contributed by atoms with van der Waals surface area (Å²) in [7, 11) is 0. The van der Waals surface area contributed by atoms with Crippen molar-refractivity contribution in [2.45, 2.75) is 0 Å². The zero-order chi connectivity index (χ0) is 14.8. The Bertz CT molecular complexity index is 1250. The third kappa shape index (κ3) is 1.18. The van der Waals surface area contributed by atoms with Gasteiger partial charge in [-0.05, 0) is 18.2 Å². The summed E-state index contributed by atoms with van der Waals surface area (Å²) in [5.74, 6) is 0. The van der Waals surface area contributed by atoms with Crippen molar-refractivity contribution >= 4 is 38.1 Å². The van der Waals surface area contributed by atoms with E-state index in [0.29, 0.717) is 10.9 Å². The molecule has 0 saturated carbocycles. The Morgan fingerprint density at radius 3 is 2.32 bits per heavy atom. The van der Waals surface area contributed by atoms with Gasteiger partial charge in [0, 0.05) is 21.6 Å². The van der Waals surface area contributed by atoms with E-state index in [0.717, 1.165) is 31.9 Å². The van der Waals surface area contributed by atoms with Crippen LogP contribution >= 0.6 is 0 Å². The molecule has 1 N–H and O–H groups in total. The molecule has 22 heavy (non-hydrogen) atoms. The van der Waals surface area contributed by atoms with Crippen LogP contribution in [0.2, 0.25) is 0 Å². The molecule has 3 heterocycles. The summed E-state index contributed by atoms with van der Waals surface area (Å²) in [5, 5.41) is 13.7. The molecule has 5 rings (SSSR count). The average Bonchev–Trinajstić information content (AvgIpc) is 2.89. The lowest BCUT2D eigenvalue weighted by Gasteiger charge is -2.02. The number of fused-ring (bicyclic) bond motifs is 5. The smallest absolute Gasteiger partial charge is 0.284 e. The van der Waals surface area contributed by atoms with Gasteiger partial charge in [-0.3, -0.25) is 14.4 Å². The van der Waals surface area contributed by atoms with Crippen molar-refractivity contribution in [3.63, 3.8) is 0 Å². The first kappa shape index (κ1) is 11.5. The number of hydrogen-bond acceptors (Lipinski definition) is 2. The Morgan fingerprint density at radius 1 is 0.818 bits per heavy atom. The van der Waals surface area contributed by atoms with Crippen molar-refractivity contribution in [1.82, 2.24) is 4.40 Å². The minimum atomic E-state index is -0.0551. The molecule has 0 aliphatic rings. The van der Waals surface area contributed by atoms with Crippen LogP contribution in [0.15, 0.2) is 65.6 Å². The SMILES string of the molecule is O=c1c2ccccc2c2c3c(cc[n+]2O)c2ccccc2n13. The predicted molar refractivity (Wildman–Crippen MR) is 84.8 cm³/mol. The zero-order valence-electron chi connectivity index (χ0n) is 11.5. The second kappa shape index (κ2) is 3.74. The molecule has 104 valence electrons. The summed E-state index contributed by atoms with van der Waals surface area (Å²) >= 11 is 0. The van der Waals surface area contributed by atoms with Crippen molar-refractivity contribution in [3.8, 4) is 0 Å². The van der Waals surface area contributed by atoms with Gasteiger partial charge in [0.15, 0.2) is 0 Å². The Labute approximate surface area is 124 Å². The van der Waals surface area contributed by atoms with Gasteiger partial charge in [-0.1, -0.05) is 30.3 Å². The van der Waals surface area contributed by atoms with E-state index in [4.69, 9.17) is 0 Å². The van der Waals surface area contributed by atoms with Crippen LogP contribution < -0.4 is 10.3 Å². The number of benzene rings is 2. The molecule has 0 radical (unpaired) electrons. The van der Waals surface area contributed by atoms with Crippen LogP contribution in [0.4, 0.5) is 0 Å². The van der Waals surface area contributed by atoms with Gasteiger partial charge in [0.25, 0.3) is 11.1 Å². The van der Waals surface area contributed by atoms with Crippen LogP contribution in [0.5, 0.6) is 0 Å². The lowest BCUT2D eigenvalue weighted by molar-refractivity contribution is -0.884. The molecule has 2 aromatic carbocycles. The van der Waals surface area contributed by atoms with Gasteiger partial charge < -0.3 is 0 Å². The average molecular weight is 287 g/mol. The van der Waals surface area contributed by atoms with Gasteiger partial charge in [0.1, 0.15) is 5.52 Å². The summed E-state index contributed by atoms with van der Waals surface area (Å²) in [6, 6.07) is 17.1. The van der Waals surface area contributed by atoms with Gasteiger partial charge in [-0.2, -0.15) is 0 Å². The third-order valence-electron chi connectivity index (χ3n) is 4.37. The van der Waals surface area contributed by atoms with E-state index in [2.05, 4.69) is 0 Å². The highest BCUT2D eigenvalue weighted by Crippen LogP contribution is 2.31. The summed E-state index contributed by atoms with van der Waals surface area (Å²) in [5.41, 5.74) is 2.23. The van der Waals surface area contributed by atoms with Crippen molar-refractivity contribution in [2.75, 3.05) is 0 Å². The standard InChI is InChI=1S/C18H11N2O2/c21-18-14-7-2-1-6-12(14)16-17-13(9-10-19(16)22)11-5-3-4-8-15(11)20(17)18/h1-10,22H/q+1. The maximum Gasteiger partial charge on any atom is 0.289 e. The van der Waals surface area contributed by atoms with Crippen molar-refractivity contribution in [2.24, 2.45) is 0 Å². The topological polar surface area (TPSA) is 45.6 Å². The Kier molecular flexibility index (Phi) is 1.96. The van der Waals surface area contributed by atoms with E-state index in [1.54, 1.807) is 16.7 Å². The maximum atomic E-state index is 13.0. The van der Waals surface area contributed by atoms with E-state index < -0.39 is 0 Å². The lowest BCUT2D eigenvalue weighted by atomic mass is 10.1. The van der Waals surface area contributed by atoms with Crippen molar-refractivity contribution in [1.29, 1.82) is 0 Å². The largest absolute Gasteiger partial charge is 0.289 e. The van der Waals surface area contributed by atoms with Crippen molar-refractivity contribution < 1.29 is 9.94 Å². The normalized spacial score (nSPS) is 12.0. The molecular formula is C18H11N2O2+. The monoisotopic (exact) mass is 287 g/mol. The Hall–Kier alpha value is -3.14. The molecule has 4 heteroatoms. The van der Waals surface area contributed by atoms with Crippen LogP contribution in [0.25, 0.3) is 38.1 Å². The first-order chi connectivity index (χ1) is 10.8. The first-order valence-electron chi connectivity index (χ1n) is 7.08. The number of aromatic nitrogens is 2. The van der Waals surface area contributed by atoms with Crippen LogP contribution in [-0.2, 0) is 0 Å². The number of para-hydroxylation sites is 1. The van der Waals surface area contributed by atoms with E-state index in [-0.39, 0.29) is 5.56 Å². The molecule has 0 aliphatic heterocycles. The molecule has 0 saturated heterocycles. The highest BCUT2D eigenvalue weighted by molar-refractivity contribution is 6.17. The quantitative estimate of drug-likeness (QED) is 0.270. The molecule has 0 amide bonds. The molecular weight excluding hydrogens is 276 g/mol. The fourth-order valence-corrected chi connectivity index (χ4v) is 3.45.